The van der Waals surface area contributed by atoms with E-state index >= 15 is 0 Å². The van der Waals surface area contributed by atoms with E-state index in [1.807, 2.05) is 13.8 Å². The summed E-state index contributed by atoms with van der Waals surface area (Å²) in [6.45, 7) is 15.4. The minimum atomic E-state index is -0.480. The van der Waals surface area contributed by atoms with E-state index in [9.17, 15) is 0 Å². The summed E-state index contributed by atoms with van der Waals surface area (Å²) in [7, 11) is 0. The highest BCUT2D eigenvalue weighted by atomic mass is 16.7. The molecule has 0 aromatic heterocycles. The van der Waals surface area contributed by atoms with E-state index in [-0.39, 0.29) is 23.9 Å². The number of rotatable bonds is 7. The predicted octanol–water partition coefficient (Wildman–Crippen LogP) is 3.14. The molecule has 0 aromatic rings. The first-order valence-corrected chi connectivity index (χ1v) is 7.21. The highest BCUT2D eigenvalue weighted by Gasteiger charge is 2.34. The Bertz CT molecular complexity index is 273. The Kier molecular flexibility index (Phi) is 5.80. The van der Waals surface area contributed by atoms with Crippen molar-refractivity contribution < 1.29 is 18.9 Å². The molecule has 1 aliphatic heterocycles. The Hall–Kier alpha value is -0.160. The number of ether oxygens (including phenoxy) is 4. The number of hydrogen-bond acceptors (Lipinski definition) is 4. The van der Waals surface area contributed by atoms with E-state index in [1.165, 1.54) is 0 Å². The second-order valence-corrected chi connectivity index (χ2v) is 6.72. The molecule has 1 fully saturated rings. The molecular formula is C15H30O4. The molecule has 4 heteroatoms. The minimum Gasteiger partial charge on any atom is -0.376 e. The lowest BCUT2D eigenvalue weighted by Gasteiger charge is -2.30. The molecule has 0 amide bonds. The minimum absolute atomic E-state index is 0.0237. The molecule has 0 aromatic carbocycles. The van der Waals surface area contributed by atoms with Gasteiger partial charge in [0.15, 0.2) is 5.79 Å². The average molecular weight is 274 g/mol. The first-order valence-electron chi connectivity index (χ1n) is 7.21. The van der Waals surface area contributed by atoms with Gasteiger partial charge in [0.05, 0.1) is 31.0 Å². The Morgan fingerprint density at radius 3 is 2.37 bits per heavy atom. The maximum atomic E-state index is 5.97. The lowest BCUT2D eigenvalue weighted by molar-refractivity contribution is -0.156. The van der Waals surface area contributed by atoms with E-state index in [1.54, 1.807) is 0 Å². The first-order chi connectivity index (χ1) is 8.60. The Labute approximate surface area is 117 Å². The molecule has 19 heavy (non-hydrogen) atoms. The van der Waals surface area contributed by atoms with Gasteiger partial charge < -0.3 is 18.9 Å². The molecule has 0 N–H and O–H groups in total. The summed E-state index contributed by atoms with van der Waals surface area (Å²) in [4.78, 5) is 0. The molecule has 1 saturated heterocycles. The SMILES string of the molecule is CC(C)OC(C)CC(C)(C)OCC1COC(C)(C)O1. The fourth-order valence-electron chi connectivity index (χ4n) is 2.43. The van der Waals surface area contributed by atoms with Crippen molar-refractivity contribution in [3.8, 4) is 0 Å². The second kappa shape index (κ2) is 6.53. The van der Waals surface area contributed by atoms with Gasteiger partial charge in [-0.25, -0.2) is 0 Å². The smallest absolute Gasteiger partial charge is 0.163 e. The van der Waals surface area contributed by atoms with Crippen molar-refractivity contribution in [1.82, 2.24) is 0 Å². The number of hydrogen-bond donors (Lipinski definition) is 0. The quantitative estimate of drug-likeness (QED) is 0.714. The van der Waals surface area contributed by atoms with Crippen molar-refractivity contribution in [3.63, 3.8) is 0 Å². The van der Waals surface area contributed by atoms with Crippen LogP contribution in [-0.4, -0.2) is 42.9 Å². The summed E-state index contributed by atoms with van der Waals surface area (Å²) in [5.41, 5.74) is -0.218. The average Bonchev–Trinajstić information content (AvgIpc) is 2.53. The first kappa shape index (κ1) is 16.9. The van der Waals surface area contributed by atoms with Crippen LogP contribution in [0.5, 0.6) is 0 Å². The van der Waals surface area contributed by atoms with Crippen molar-refractivity contribution in [1.29, 1.82) is 0 Å². The third kappa shape index (κ3) is 6.70. The van der Waals surface area contributed by atoms with Crippen molar-refractivity contribution in [3.05, 3.63) is 0 Å². The molecule has 1 aliphatic rings. The Morgan fingerprint density at radius 1 is 1.26 bits per heavy atom. The third-order valence-corrected chi connectivity index (χ3v) is 3.01. The summed E-state index contributed by atoms with van der Waals surface area (Å²) in [6, 6.07) is 0. The van der Waals surface area contributed by atoms with Gasteiger partial charge in [0.25, 0.3) is 0 Å². The van der Waals surface area contributed by atoms with Gasteiger partial charge in [-0.2, -0.15) is 0 Å². The largest absolute Gasteiger partial charge is 0.376 e. The van der Waals surface area contributed by atoms with Crippen LogP contribution in [0.3, 0.4) is 0 Å². The summed E-state index contributed by atoms with van der Waals surface area (Å²) in [5.74, 6) is -0.480. The Balaban J connectivity index is 2.30. The maximum Gasteiger partial charge on any atom is 0.163 e. The van der Waals surface area contributed by atoms with Crippen LogP contribution in [-0.2, 0) is 18.9 Å². The van der Waals surface area contributed by atoms with Crippen LogP contribution in [0.1, 0.15) is 54.9 Å². The zero-order valence-electron chi connectivity index (χ0n) is 13.5. The van der Waals surface area contributed by atoms with Gasteiger partial charge in [-0.1, -0.05) is 0 Å². The molecule has 1 rings (SSSR count). The fourth-order valence-corrected chi connectivity index (χ4v) is 2.43. The zero-order chi connectivity index (χ0) is 14.7. The zero-order valence-corrected chi connectivity index (χ0v) is 13.5. The van der Waals surface area contributed by atoms with Gasteiger partial charge in [-0.3, -0.25) is 0 Å². The summed E-state index contributed by atoms with van der Waals surface area (Å²) >= 11 is 0. The molecular weight excluding hydrogens is 244 g/mol. The van der Waals surface area contributed by atoms with Crippen molar-refractivity contribution in [2.75, 3.05) is 13.2 Å². The second-order valence-electron chi connectivity index (χ2n) is 6.72. The van der Waals surface area contributed by atoms with E-state index < -0.39 is 5.79 Å². The summed E-state index contributed by atoms with van der Waals surface area (Å²) < 4.78 is 23.0. The van der Waals surface area contributed by atoms with Crippen LogP contribution in [0, 0.1) is 0 Å². The van der Waals surface area contributed by atoms with E-state index in [2.05, 4.69) is 34.6 Å². The Morgan fingerprint density at radius 2 is 1.89 bits per heavy atom. The van der Waals surface area contributed by atoms with Gasteiger partial charge in [0.2, 0.25) is 0 Å². The van der Waals surface area contributed by atoms with Crippen LogP contribution in [0.25, 0.3) is 0 Å². The van der Waals surface area contributed by atoms with Crippen LogP contribution >= 0.6 is 0 Å². The molecule has 0 spiro atoms. The molecule has 4 nitrogen and oxygen atoms in total. The summed E-state index contributed by atoms with van der Waals surface area (Å²) in [6.07, 6.45) is 1.32. The van der Waals surface area contributed by atoms with Crippen LogP contribution in [0.2, 0.25) is 0 Å². The fraction of sp³-hybridized carbons (Fsp3) is 1.00. The molecule has 2 atom stereocenters. The normalized spacial score (nSPS) is 24.9. The van der Waals surface area contributed by atoms with Crippen LogP contribution in [0.4, 0.5) is 0 Å². The van der Waals surface area contributed by atoms with E-state index in [0.29, 0.717) is 13.2 Å². The molecule has 0 radical (unpaired) electrons. The monoisotopic (exact) mass is 274 g/mol. The maximum absolute atomic E-state index is 5.97. The van der Waals surface area contributed by atoms with Gasteiger partial charge in [0.1, 0.15) is 6.10 Å². The van der Waals surface area contributed by atoms with Gasteiger partial charge >= 0.3 is 0 Å². The van der Waals surface area contributed by atoms with Crippen LogP contribution < -0.4 is 0 Å². The molecule has 0 bridgehead atoms. The predicted molar refractivity (Wildman–Crippen MR) is 75.2 cm³/mol. The van der Waals surface area contributed by atoms with E-state index in [4.69, 9.17) is 18.9 Å². The van der Waals surface area contributed by atoms with Crippen LogP contribution in [0.15, 0.2) is 0 Å². The van der Waals surface area contributed by atoms with Crippen molar-refractivity contribution in [2.24, 2.45) is 0 Å². The lowest BCUT2D eigenvalue weighted by Crippen LogP contribution is -2.35. The van der Waals surface area contributed by atoms with Crippen molar-refractivity contribution >= 4 is 0 Å². The van der Waals surface area contributed by atoms with E-state index in [0.717, 1.165) is 6.42 Å². The highest BCUT2D eigenvalue weighted by Crippen LogP contribution is 2.25. The molecule has 2 unspecified atom stereocenters. The molecule has 0 saturated carbocycles. The van der Waals surface area contributed by atoms with Gasteiger partial charge in [0, 0.05) is 6.42 Å². The van der Waals surface area contributed by atoms with Gasteiger partial charge in [-0.05, 0) is 48.5 Å². The molecule has 0 aliphatic carbocycles. The lowest BCUT2D eigenvalue weighted by atomic mass is 10.0. The van der Waals surface area contributed by atoms with Crippen molar-refractivity contribution in [2.45, 2.75) is 84.6 Å². The topological polar surface area (TPSA) is 36.9 Å². The standard InChI is InChI=1S/C15H30O4/c1-11(2)18-12(3)8-14(4,5)16-9-13-10-17-15(6,7)19-13/h11-13H,8-10H2,1-7H3. The van der Waals surface area contributed by atoms with Gasteiger partial charge in [-0.15, -0.1) is 0 Å². The highest BCUT2D eigenvalue weighted by molar-refractivity contribution is 4.76. The molecule has 114 valence electrons. The molecule has 1 heterocycles. The summed E-state index contributed by atoms with van der Waals surface area (Å²) in [5, 5.41) is 0. The third-order valence-electron chi connectivity index (χ3n) is 3.01.